The Morgan fingerprint density at radius 2 is 1.61 bits per heavy atom. The van der Waals surface area contributed by atoms with Gasteiger partial charge in [0.15, 0.2) is 5.11 Å². The highest BCUT2D eigenvalue weighted by Crippen LogP contribution is 2.14. The number of unbranched alkanes of at least 4 members (excludes halogenated alkanes) is 2. The minimum absolute atomic E-state index is 0.0272. The molecule has 0 fully saturated rings. The molecule has 0 saturated carbocycles. The first-order chi connectivity index (χ1) is 10.9. The Hall–Kier alpha value is -1.95. The number of amides is 2. The van der Waals surface area contributed by atoms with E-state index in [1.54, 1.807) is 24.3 Å². The first-order valence-corrected chi connectivity index (χ1v) is 8.35. The third-order valence-corrected chi connectivity index (χ3v) is 3.40. The molecule has 2 amide bonds. The fourth-order valence-electron chi connectivity index (χ4n) is 1.81. The molecule has 0 heterocycles. The van der Waals surface area contributed by atoms with Crippen LogP contribution in [0.3, 0.4) is 0 Å². The van der Waals surface area contributed by atoms with Crippen LogP contribution >= 0.6 is 12.2 Å². The van der Waals surface area contributed by atoms with E-state index in [4.69, 9.17) is 12.2 Å². The maximum Gasteiger partial charge on any atom is 0.226 e. The first-order valence-electron chi connectivity index (χ1n) is 7.94. The molecule has 126 valence electrons. The Morgan fingerprint density at radius 3 is 2.13 bits per heavy atom. The molecule has 1 rings (SSSR count). The summed E-state index contributed by atoms with van der Waals surface area (Å²) in [6.07, 6.45) is 3.47. The van der Waals surface area contributed by atoms with Gasteiger partial charge in [-0.05, 0) is 42.9 Å². The molecule has 0 spiro atoms. The van der Waals surface area contributed by atoms with Crippen molar-refractivity contribution in [3.05, 3.63) is 24.3 Å². The average molecular weight is 335 g/mol. The van der Waals surface area contributed by atoms with Crippen molar-refractivity contribution in [2.45, 2.75) is 46.5 Å². The Morgan fingerprint density at radius 1 is 1.04 bits per heavy atom. The van der Waals surface area contributed by atoms with Gasteiger partial charge in [-0.15, -0.1) is 0 Å². The van der Waals surface area contributed by atoms with Crippen LogP contribution in [0.4, 0.5) is 11.4 Å². The standard InChI is InChI=1S/C17H25N3O2S/c1-4-5-6-7-15(21)20-17(23)19-14-10-8-13(9-11-14)18-16(22)12(2)3/h8-12H,4-7H2,1-3H3,(H,18,22)(H2,19,20,21,23). The summed E-state index contributed by atoms with van der Waals surface area (Å²) in [4.78, 5) is 23.3. The van der Waals surface area contributed by atoms with Crippen molar-refractivity contribution in [1.29, 1.82) is 0 Å². The van der Waals surface area contributed by atoms with E-state index in [-0.39, 0.29) is 22.8 Å². The van der Waals surface area contributed by atoms with Crippen LogP contribution in [0.5, 0.6) is 0 Å². The molecule has 0 aliphatic carbocycles. The number of anilines is 2. The zero-order valence-electron chi connectivity index (χ0n) is 13.9. The lowest BCUT2D eigenvalue weighted by Gasteiger charge is -2.11. The molecule has 0 aliphatic rings. The highest BCUT2D eigenvalue weighted by atomic mass is 32.1. The van der Waals surface area contributed by atoms with Crippen LogP contribution in [0, 0.1) is 5.92 Å². The van der Waals surface area contributed by atoms with Crippen molar-refractivity contribution in [2.75, 3.05) is 10.6 Å². The fraction of sp³-hybridized carbons (Fsp3) is 0.471. The van der Waals surface area contributed by atoms with Crippen molar-refractivity contribution >= 4 is 40.5 Å². The predicted molar refractivity (Wildman–Crippen MR) is 98.4 cm³/mol. The lowest BCUT2D eigenvalue weighted by molar-refractivity contribution is -0.120. The van der Waals surface area contributed by atoms with Gasteiger partial charge in [-0.25, -0.2) is 0 Å². The molecular formula is C17H25N3O2S. The molecule has 0 radical (unpaired) electrons. The topological polar surface area (TPSA) is 70.2 Å². The second kappa shape index (κ2) is 9.94. The molecule has 0 saturated heterocycles. The molecule has 0 unspecified atom stereocenters. The van der Waals surface area contributed by atoms with Gasteiger partial charge in [0.2, 0.25) is 11.8 Å². The summed E-state index contributed by atoms with van der Waals surface area (Å²) in [5.74, 6) is -0.166. The molecule has 0 aromatic heterocycles. The van der Waals surface area contributed by atoms with Crippen molar-refractivity contribution in [2.24, 2.45) is 5.92 Å². The van der Waals surface area contributed by atoms with Crippen LogP contribution in [0.25, 0.3) is 0 Å². The van der Waals surface area contributed by atoms with Gasteiger partial charge >= 0.3 is 0 Å². The van der Waals surface area contributed by atoms with Crippen LogP contribution in [-0.4, -0.2) is 16.9 Å². The number of thiocarbonyl (C=S) groups is 1. The summed E-state index contributed by atoms with van der Waals surface area (Å²) in [6, 6.07) is 7.17. The fourth-order valence-corrected chi connectivity index (χ4v) is 2.04. The first kappa shape index (κ1) is 19.1. The molecule has 1 aromatic rings. The van der Waals surface area contributed by atoms with Gasteiger partial charge in [0.05, 0.1) is 0 Å². The van der Waals surface area contributed by atoms with E-state index in [1.807, 2.05) is 13.8 Å². The van der Waals surface area contributed by atoms with Crippen LogP contribution < -0.4 is 16.0 Å². The van der Waals surface area contributed by atoms with Gasteiger partial charge in [-0.2, -0.15) is 0 Å². The Labute approximate surface area is 143 Å². The maximum atomic E-state index is 11.7. The molecule has 23 heavy (non-hydrogen) atoms. The van der Waals surface area contributed by atoms with Gasteiger partial charge in [0, 0.05) is 23.7 Å². The number of rotatable bonds is 7. The molecule has 5 nitrogen and oxygen atoms in total. The van der Waals surface area contributed by atoms with E-state index in [1.165, 1.54) is 0 Å². The lowest BCUT2D eigenvalue weighted by atomic mass is 10.2. The minimum atomic E-state index is -0.0724. The smallest absolute Gasteiger partial charge is 0.226 e. The monoisotopic (exact) mass is 335 g/mol. The molecule has 0 aliphatic heterocycles. The van der Waals surface area contributed by atoms with Gasteiger partial charge in [0.25, 0.3) is 0 Å². The van der Waals surface area contributed by atoms with Crippen molar-refractivity contribution in [3.8, 4) is 0 Å². The van der Waals surface area contributed by atoms with Crippen LogP contribution in [-0.2, 0) is 9.59 Å². The largest absolute Gasteiger partial charge is 0.332 e. The van der Waals surface area contributed by atoms with Gasteiger partial charge in [0.1, 0.15) is 0 Å². The molecule has 0 bridgehead atoms. The van der Waals surface area contributed by atoms with E-state index in [0.717, 1.165) is 30.6 Å². The van der Waals surface area contributed by atoms with Crippen molar-refractivity contribution in [1.82, 2.24) is 5.32 Å². The number of benzene rings is 1. The van der Waals surface area contributed by atoms with Gasteiger partial charge in [-0.3, -0.25) is 9.59 Å². The number of hydrogen-bond donors (Lipinski definition) is 3. The van der Waals surface area contributed by atoms with E-state index in [2.05, 4.69) is 22.9 Å². The Kier molecular flexibility index (Phi) is 8.26. The minimum Gasteiger partial charge on any atom is -0.332 e. The lowest BCUT2D eigenvalue weighted by Crippen LogP contribution is -2.33. The third-order valence-electron chi connectivity index (χ3n) is 3.20. The average Bonchev–Trinajstić information content (AvgIpc) is 2.49. The number of hydrogen-bond acceptors (Lipinski definition) is 3. The Bertz CT molecular complexity index is 541. The van der Waals surface area contributed by atoms with Gasteiger partial charge < -0.3 is 16.0 Å². The summed E-state index contributed by atoms with van der Waals surface area (Å²) in [6.45, 7) is 5.77. The second-order valence-electron chi connectivity index (χ2n) is 5.68. The summed E-state index contributed by atoms with van der Waals surface area (Å²) in [5, 5.41) is 8.71. The zero-order chi connectivity index (χ0) is 17.2. The van der Waals surface area contributed by atoms with E-state index < -0.39 is 0 Å². The highest BCUT2D eigenvalue weighted by Gasteiger charge is 2.07. The zero-order valence-corrected chi connectivity index (χ0v) is 14.8. The molecule has 0 atom stereocenters. The molecular weight excluding hydrogens is 310 g/mol. The SMILES string of the molecule is CCCCCC(=O)NC(=S)Nc1ccc(NC(=O)C(C)C)cc1. The summed E-state index contributed by atoms with van der Waals surface area (Å²) < 4.78 is 0. The van der Waals surface area contributed by atoms with Crippen molar-refractivity contribution in [3.63, 3.8) is 0 Å². The van der Waals surface area contributed by atoms with E-state index in [0.29, 0.717) is 6.42 Å². The number of carbonyl (C=O) groups is 2. The van der Waals surface area contributed by atoms with Crippen LogP contribution in [0.1, 0.15) is 46.5 Å². The highest BCUT2D eigenvalue weighted by molar-refractivity contribution is 7.80. The van der Waals surface area contributed by atoms with E-state index >= 15 is 0 Å². The number of nitrogens with one attached hydrogen (secondary N) is 3. The maximum absolute atomic E-state index is 11.7. The quantitative estimate of drug-likeness (QED) is 0.525. The van der Waals surface area contributed by atoms with E-state index in [9.17, 15) is 9.59 Å². The molecule has 3 N–H and O–H groups in total. The summed E-state index contributed by atoms with van der Waals surface area (Å²) in [5.41, 5.74) is 1.48. The molecule has 1 aromatic carbocycles. The molecule has 6 heteroatoms. The number of carbonyl (C=O) groups excluding carboxylic acids is 2. The normalized spacial score (nSPS) is 10.3. The summed E-state index contributed by atoms with van der Waals surface area (Å²) in [7, 11) is 0. The van der Waals surface area contributed by atoms with Crippen molar-refractivity contribution < 1.29 is 9.59 Å². The Balaban J connectivity index is 2.43. The second-order valence-corrected chi connectivity index (χ2v) is 6.09. The van der Waals surface area contributed by atoms with Crippen LogP contribution in [0.2, 0.25) is 0 Å². The van der Waals surface area contributed by atoms with Gasteiger partial charge in [-0.1, -0.05) is 33.6 Å². The van der Waals surface area contributed by atoms with Crippen LogP contribution in [0.15, 0.2) is 24.3 Å². The summed E-state index contributed by atoms with van der Waals surface area (Å²) >= 11 is 5.12. The third kappa shape index (κ3) is 7.74. The predicted octanol–water partition coefficient (Wildman–Crippen LogP) is 3.67.